The van der Waals surface area contributed by atoms with Gasteiger partial charge in [-0.2, -0.15) is 0 Å². The Morgan fingerprint density at radius 3 is 2.55 bits per heavy atom. The van der Waals surface area contributed by atoms with E-state index < -0.39 is 21.9 Å². The summed E-state index contributed by atoms with van der Waals surface area (Å²) in [6, 6.07) is 1.22. The fourth-order valence-electron chi connectivity index (χ4n) is 2.21. The van der Waals surface area contributed by atoms with Gasteiger partial charge in [0.25, 0.3) is 5.91 Å². The molecule has 0 saturated carbocycles. The first kappa shape index (κ1) is 14.9. The standard InChI is InChI=1S/C11H14N2O5S2/c1-6-3-13(4-8(6)11(15)16)10(14)7-2-9(19-5-7)20(12,17)18/h2,5-6,8H,3-4H2,1H3,(H,15,16)(H2,12,17,18)/t6-,8-/m1/s1. The third-order valence-electron chi connectivity index (χ3n) is 3.32. The third-order valence-corrected chi connectivity index (χ3v) is 5.71. The molecule has 2 atom stereocenters. The second kappa shape index (κ2) is 5.15. The van der Waals surface area contributed by atoms with Crippen molar-refractivity contribution < 1.29 is 23.1 Å². The van der Waals surface area contributed by atoms with Crippen molar-refractivity contribution in [2.45, 2.75) is 11.1 Å². The van der Waals surface area contributed by atoms with Crippen molar-refractivity contribution in [1.82, 2.24) is 4.90 Å². The van der Waals surface area contributed by atoms with Gasteiger partial charge in [-0.3, -0.25) is 9.59 Å². The van der Waals surface area contributed by atoms with Crippen LogP contribution in [-0.4, -0.2) is 43.4 Å². The van der Waals surface area contributed by atoms with Crippen LogP contribution < -0.4 is 5.14 Å². The number of primary sulfonamides is 1. The average Bonchev–Trinajstić information content (AvgIpc) is 2.93. The Balaban J connectivity index is 2.17. The van der Waals surface area contributed by atoms with Crippen LogP contribution in [-0.2, 0) is 14.8 Å². The number of nitrogens with two attached hydrogens (primary N) is 1. The first-order valence-electron chi connectivity index (χ1n) is 5.83. The first-order valence-corrected chi connectivity index (χ1v) is 8.26. The summed E-state index contributed by atoms with van der Waals surface area (Å²) in [5, 5.41) is 15.4. The van der Waals surface area contributed by atoms with E-state index in [1.54, 1.807) is 6.92 Å². The summed E-state index contributed by atoms with van der Waals surface area (Å²) in [6.07, 6.45) is 0. The number of hydrogen-bond donors (Lipinski definition) is 2. The number of nitrogens with zero attached hydrogens (tertiary/aromatic N) is 1. The number of thiophene rings is 1. The van der Waals surface area contributed by atoms with Gasteiger partial charge in [0, 0.05) is 18.5 Å². The van der Waals surface area contributed by atoms with Crippen LogP contribution in [0.15, 0.2) is 15.7 Å². The summed E-state index contributed by atoms with van der Waals surface area (Å²) in [4.78, 5) is 24.7. The van der Waals surface area contributed by atoms with Crippen LogP contribution in [0, 0.1) is 11.8 Å². The summed E-state index contributed by atoms with van der Waals surface area (Å²) < 4.78 is 22.3. The lowest BCUT2D eigenvalue weighted by molar-refractivity contribution is -0.142. The third kappa shape index (κ3) is 2.84. The minimum Gasteiger partial charge on any atom is -0.481 e. The molecule has 3 N–H and O–H groups in total. The molecule has 1 aromatic heterocycles. The van der Waals surface area contributed by atoms with Gasteiger partial charge in [-0.15, -0.1) is 11.3 Å². The van der Waals surface area contributed by atoms with Gasteiger partial charge in [0.2, 0.25) is 10.0 Å². The van der Waals surface area contributed by atoms with Gasteiger partial charge < -0.3 is 10.0 Å². The van der Waals surface area contributed by atoms with E-state index in [1.807, 2.05) is 0 Å². The Kier molecular flexibility index (Phi) is 3.85. The quantitative estimate of drug-likeness (QED) is 0.824. The Morgan fingerprint density at radius 2 is 2.10 bits per heavy atom. The molecular formula is C11H14N2O5S2. The van der Waals surface area contributed by atoms with Crippen LogP contribution in [0.5, 0.6) is 0 Å². The lowest BCUT2D eigenvalue weighted by Gasteiger charge is -2.14. The van der Waals surface area contributed by atoms with Crippen LogP contribution in [0.4, 0.5) is 0 Å². The van der Waals surface area contributed by atoms with Gasteiger partial charge in [-0.25, -0.2) is 13.6 Å². The molecule has 1 aliphatic heterocycles. The maximum Gasteiger partial charge on any atom is 0.308 e. The molecule has 1 amide bonds. The molecule has 1 aromatic rings. The topological polar surface area (TPSA) is 118 Å². The summed E-state index contributed by atoms with van der Waals surface area (Å²) in [7, 11) is -3.82. The summed E-state index contributed by atoms with van der Waals surface area (Å²) in [5.74, 6) is -2.02. The summed E-state index contributed by atoms with van der Waals surface area (Å²) >= 11 is 0.875. The predicted molar refractivity (Wildman–Crippen MR) is 71.9 cm³/mol. The van der Waals surface area contributed by atoms with Crippen molar-refractivity contribution in [1.29, 1.82) is 0 Å². The second-order valence-corrected chi connectivity index (χ2v) is 7.53. The fourth-order valence-corrected chi connectivity index (χ4v) is 3.79. The minimum atomic E-state index is -3.82. The highest BCUT2D eigenvalue weighted by molar-refractivity contribution is 7.91. The van der Waals surface area contributed by atoms with Crippen molar-refractivity contribution in [2.75, 3.05) is 13.1 Å². The lowest BCUT2D eigenvalue weighted by atomic mass is 9.99. The van der Waals surface area contributed by atoms with E-state index in [2.05, 4.69) is 0 Å². The summed E-state index contributed by atoms with van der Waals surface area (Å²) in [6.45, 7) is 2.25. The molecule has 20 heavy (non-hydrogen) atoms. The Morgan fingerprint density at radius 1 is 1.45 bits per heavy atom. The van der Waals surface area contributed by atoms with E-state index in [1.165, 1.54) is 16.3 Å². The SMILES string of the molecule is C[C@@H]1CN(C(=O)c2csc(S(N)(=O)=O)c2)C[C@H]1C(=O)O. The molecule has 0 radical (unpaired) electrons. The normalized spacial score (nSPS) is 23.0. The molecule has 1 fully saturated rings. The smallest absolute Gasteiger partial charge is 0.308 e. The van der Waals surface area contributed by atoms with Crippen LogP contribution in [0.2, 0.25) is 0 Å². The fraction of sp³-hybridized carbons (Fsp3) is 0.455. The monoisotopic (exact) mass is 318 g/mol. The minimum absolute atomic E-state index is 0.0807. The highest BCUT2D eigenvalue weighted by Gasteiger charge is 2.37. The van der Waals surface area contributed by atoms with E-state index in [-0.39, 0.29) is 28.1 Å². The van der Waals surface area contributed by atoms with Gasteiger partial charge in [-0.05, 0) is 12.0 Å². The van der Waals surface area contributed by atoms with Crippen LogP contribution in [0.25, 0.3) is 0 Å². The molecular weight excluding hydrogens is 304 g/mol. The molecule has 0 aliphatic carbocycles. The van der Waals surface area contributed by atoms with E-state index in [9.17, 15) is 18.0 Å². The van der Waals surface area contributed by atoms with E-state index in [0.29, 0.717) is 6.54 Å². The second-order valence-electron chi connectivity index (χ2n) is 4.83. The molecule has 9 heteroatoms. The first-order chi connectivity index (χ1) is 9.20. The van der Waals surface area contributed by atoms with Gasteiger partial charge in [0.05, 0.1) is 11.5 Å². The number of amides is 1. The maximum absolute atomic E-state index is 12.2. The number of carboxylic acids is 1. The number of hydrogen-bond acceptors (Lipinski definition) is 5. The lowest BCUT2D eigenvalue weighted by Crippen LogP contribution is -2.29. The molecule has 0 bridgehead atoms. The Labute approximate surface area is 120 Å². The number of carbonyl (C=O) groups is 2. The van der Waals surface area contributed by atoms with Crippen LogP contribution >= 0.6 is 11.3 Å². The van der Waals surface area contributed by atoms with Crippen molar-refractivity contribution in [3.05, 3.63) is 17.0 Å². The largest absolute Gasteiger partial charge is 0.481 e. The molecule has 2 heterocycles. The zero-order chi connectivity index (χ0) is 15.1. The van der Waals surface area contributed by atoms with Gasteiger partial charge in [0.15, 0.2) is 0 Å². The Hall–Kier alpha value is -1.45. The highest BCUT2D eigenvalue weighted by atomic mass is 32.2. The predicted octanol–water partition coefficient (Wildman–Crippen LogP) is 0.188. The van der Waals surface area contributed by atoms with Crippen molar-refractivity contribution in [3.8, 4) is 0 Å². The zero-order valence-electron chi connectivity index (χ0n) is 10.6. The molecule has 1 saturated heterocycles. The van der Waals surface area contributed by atoms with Crippen LogP contribution in [0.1, 0.15) is 17.3 Å². The van der Waals surface area contributed by atoms with Crippen molar-refractivity contribution in [3.63, 3.8) is 0 Å². The van der Waals surface area contributed by atoms with Gasteiger partial charge >= 0.3 is 5.97 Å². The van der Waals surface area contributed by atoms with E-state index >= 15 is 0 Å². The highest BCUT2D eigenvalue weighted by Crippen LogP contribution is 2.26. The maximum atomic E-state index is 12.2. The van der Waals surface area contributed by atoms with E-state index in [4.69, 9.17) is 10.2 Å². The molecule has 7 nitrogen and oxygen atoms in total. The summed E-state index contributed by atoms with van der Waals surface area (Å²) in [5.41, 5.74) is 0.220. The number of likely N-dealkylation sites (tertiary alicyclic amines) is 1. The number of aliphatic carboxylic acids is 1. The van der Waals surface area contributed by atoms with Crippen molar-refractivity contribution in [2.24, 2.45) is 17.0 Å². The molecule has 0 aromatic carbocycles. The Bertz CT molecular complexity index is 652. The average molecular weight is 318 g/mol. The number of carbonyl (C=O) groups excluding carboxylic acids is 1. The molecule has 1 aliphatic rings. The van der Waals surface area contributed by atoms with Crippen molar-refractivity contribution >= 4 is 33.2 Å². The molecule has 0 spiro atoms. The van der Waals surface area contributed by atoms with Crippen LogP contribution in [0.3, 0.4) is 0 Å². The van der Waals surface area contributed by atoms with Gasteiger partial charge in [-0.1, -0.05) is 6.92 Å². The number of rotatable bonds is 3. The molecule has 0 unspecified atom stereocenters. The number of sulfonamides is 1. The van der Waals surface area contributed by atoms with Gasteiger partial charge in [0.1, 0.15) is 4.21 Å². The molecule has 2 rings (SSSR count). The van der Waals surface area contributed by atoms with E-state index in [0.717, 1.165) is 11.3 Å². The molecule has 110 valence electrons. The zero-order valence-corrected chi connectivity index (χ0v) is 12.3. The number of carboxylic acid groups (broad SMARTS) is 1.